The molecule has 0 aromatic rings. The minimum absolute atomic E-state index is 1.09. The number of rotatable bonds is 1. The van der Waals surface area contributed by atoms with Crippen molar-refractivity contribution in [1.82, 2.24) is 0 Å². The average molecular weight is 224 g/mol. The van der Waals surface area contributed by atoms with Gasteiger partial charge in [-0.25, -0.2) is 0 Å². The first-order valence-corrected chi connectivity index (χ1v) is 3.81. The molecule has 0 atom stereocenters. The fourth-order valence-electron chi connectivity index (χ4n) is 0.653. The van der Waals surface area contributed by atoms with E-state index in [0.29, 0.717) is 0 Å². The van der Waals surface area contributed by atoms with Crippen LogP contribution in [0.5, 0.6) is 0 Å². The Morgan fingerprint density at radius 1 is 1.20 bits per heavy atom. The number of carboxylic acid groups (broad SMARTS) is 1. The molecule has 2 nitrogen and oxygen atoms in total. The Morgan fingerprint density at radius 2 is 1.50 bits per heavy atom. The minimum atomic E-state index is -1.54. The van der Waals surface area contributed by atoms with E-state index in [1.54, 1.807) is 0 Å². The first kappa shape index (κ1) is 8.72. The lowest BCUT2D eigenvalue weighted by atomic mass is 10.4. The number of hydrogen-bond donors (Lipinski definition) is 1. The monoisotopic (exact) mass is 222 g/mol. The van der Waals surface area contributed by atoms with E-state index in [1.807, 2.05) is 0 Å². The SMILES string of the molecule is O=C(O)C1C(Cl)(Cl)C1(Cl)Cl. The Morgan fingerprint density at radius 3 is 1.50 bits per heavy atom. The topological polar surface area (TPSA) is 37.3 Å². The Labute approximate surface area is 77.0 Å². The highest BCUT2D eigenvalue weighted by Gasteiger charge is 2.79. The Balaban J connectivity index is 2.81. The Kier molecular flexibility index (Phi) is 1.80. The quantitative estimate of drug-likeness (QED) is 0.692. The van der Waals surface area contributed by atoms with Gasteiger partial charge in [-0.2, -0.15) is 0 Å². The smallest absolute Gasteiger partial charge is 0.312 e. The lowest BCUT2D eigenvalue weighted by molar-refractivity contribution is -0.138. The maximum absolute atomic E-state index is 10.3. The number of hydrogen-bond acceptors (Lipinski definition) is 1. The molecule has 6 heteroatoms. The fourth-order valence-corrected chi connectivity index (χ4v) is 2.12. The van der Waals surface area contributed by atoms with Crippen molar-refractivity contribution in [2.75, 3.05) is 0 Å². The molecule has 1 fully saturated rings. The molecule has 0 bridgehead atoms. The van der Waals surface area contributed by atoms with Gasteiger partial charge in [0.05, 0.1) is 0 Å². The van der Waals surface area contributed by atoms with E-state index in [0.717, 1.165) is 0 Å². The number of carbonyl (C=O) groups is 1. The first-order valence-electron chi connectivity index (χ1n) is 2.30. The van der Waals surface area contributed by atoms with Crippen molar-refractivity contribution in [2.45, 2.75) is 8.67 Å². The summed E-state index contributed by atoms with van der Waals surface area (Å²) in [6.45, 7) is 0. The van der Waals surface area contributed by atoms with E-state index in [2.05, 4.69) is 0 Å². The van der Waals surface area contributed by atoms with Gasteiger partial charge in [0.15, 0.2) is 8.67 Å². The summed E-state index contributed by atoms with van der Waals surface area (Å²) in [7, 11) is 0. The third-order valence-corrected chi connectivity index (χ3v) is 3.79. The molecule has 0 spiro atoms. The number of halogens is 4. The van der Waals surface area contributed by atoms with Crippen LogP contribution in [0.1, 0.15) is 0 Å². The molecule has 10 heavy (non-hydrogen) atoms. The molecule has 0 radical (unpaired) electrons. The second kappa shape index (κ2) is 2.07. The molecule has 1 N–H and O–H groups in total. The summed E-state index contributed by atoms with van der Waals surface area (Å²) < 4.78 is -3.08. The van der Waals surface area contributed by atoms with Crippen LogP contribution in [0.15, 0.2) is 0 Å². The Hall–Kier alpha value is 0.630. The van der Waals surface area contributed by atoms with Crippen LogP contribution in [0.4, 0.5) is 0 Å². The van der Waals surface area contributed by atoms with E-state index < -0.39 is 20.6 Å². The molecule has 0 amide bonds. The van der Waals surface area contributed by atoms with Crippen molar-refractivity contribution >= 4 is 52.4 Å². The molecule has 0 heterocycles. The third kappa shape index (κ3) is 0.900. The molecular weight excluding hydrogens is 222 g/mol. The molecule has 1 saturated carbocycles. The van der Waals surface area contributed by atoms with Crippen LogP contribution in [0.2, 0.25) is 0 Å². The van der Waals surface area contributed by atoms with Gasteiger partial charge in [-0.15, -0.1) is 0 Å². The molecule has 0 saturated heterocycles. The summed E-state index contributed by atoms with van der Waals surface area (Å²) in [4.78, 5) is 10.3. The summed E-state index contributed by atoms with van der Waals surface area (Å²) in [5.41, 5.74) is 0. The predicted octanol–water partition coefficient (Wildman–Crippen LogP) is 2.05. The average Bonchev–Trinajstić information content (AvgIpc) is 1.97. The van der Waals surface area contributed by atoms with E-state index in [9.17, 15) is 4.79 Å². The van der Waals surface area contributed by atoms with Crippen molar-refractivity contribution in [2.24, 2.45) is 5.92 Å². The summed E-state index contributed by atoms with van der Waals surface area (Å²) in [6.07, 6.45) is 0. The molecule has 0 aromatic heterocycles. The van der Waals surface area contributed by atoms with Gasteiger partial charge in [-0.3, -0.25) is 4.79 Å². The van der Waals surface area contributed by atoms with Crippen molar-refractivity contribution in [3.8, 4) is 0 Å². The summed E-state index contributed by atoms with van der Waals surface area (Å²) in [6, 6.07) is 0. The zero-order chi connectivity index (χ0) is 8.15. The first-order chi connectivity index (χ1) is 4.32. The van der Waals surface area contributed by atoms with Gasteiger partial charge in [-0.05, 0) is 0 Å². The van der Waals surface area contributed by atoms with Crippen molar-refractivity contribution < 1.29 is 9.90 Å². The van der Waals surface area contributed by atoms with Gasteiger partial charge in [0, 0.05) is 0 Å². The highest BCUT2D eigenvalue weighted by Crippen LogP contribution is 2.68. The van der Waals surface area contributed by atoms with Crippen molar-refractivity contribution in [3.63, 3.8) is 0 Å². The zero-order valence-corrected chi connectivity index (χ0v) is 7.47. The number of alkyl halides is 4. The second-order valence-corrected chi connectivity index (χ2v) is 4.79. The van der Waals surface area contributed by atoms with E-state index in [-0.39, 0.29) is 0 Å². The maximum atomic E-state index is 10.3. The molecule has 0 aromatic carbocycles. The van der Waals surface area contributed by atoms with Crippen LogP contribution in [-0.4, -0.2) is 19.7 Å². The molecular formula is C4H2Cl4O2. The predicted molar refractivity (Wildman–Crippen MR) is 40.0 cm³/mol. The third-order valence-electron chi connectivity index (χ3n) is 1.33. The molecule has 1 aliphatic carbocycles. The van der Waals surface area contributed by atoms with Crippen molar-refractivity contribution in [1.29, 1.82) is 0 Å². The standard InChI is InChI=1S/C4H2Cl4O2/c5-3(6)1(2(9)10)4(3,7)8/h1H,(H,9,10). The Bertz CT molecular complexity index is 174. The molecule has 58 valence electrons. The van der Waals surface area contributed by atoms with Crippen LogP contribution >= 0.6 is 46.4 Å². The van der Waals surface area contributed by atoms with Gasteiger partial charge >= 0.3 is 5.97 Å². The van der Waals surface area contributed by atoms with Crippen LogP contribution < -0.4 is 0 Å². The van der Waals surface area contributed by atoms with E-state index in [4.69, 9.17) is 51.5 Å². The molecule has 1 rings (SSSR count). The largest absolute Gasteiger partial charge is 0.481 e. The summed E-state index contributed by atoms with van der Waals surface area (Å²) >= 11 is 21.7. The number of carboxylic acids is 1. The summed E-state index contributed by atoms with van der Waals surface area (Å²) in [5, 5.41) is 8.39. The van der Waals surface area contributed by atoms with Crippen LogP contribution in [-0.2, 0) is 4.79 Å². The van der Waals surface area contributed by atoms with Gasteiger partial charge < -0.3 is 5.11 Å². The zero-order valence-electron chi connectivity index (χ0n) is 4.44. The highest BCUT2D eigenvalue weighted by atomic mass is 35.5. The molecule has 0 aliphatic heterocycles. The van der Waals surface area contributed by atoms with Gasteiger partial charge in [0.25, 0.3) is 0 Å². The van der Waals surface area contributed by atoms with Crippen LogP contribution in [0, 0.1) is 5.92 Å². The normalized spacial score (nSPS) is 28.0. The minimum Gasteiger partial charge on any atom is -0.481 e. The second-order valence-electron chi connectivity index (χ2n) is 2.02. The van der Waals surface area contributed by atoms with Crippen LogP contribution in [0.25, 0.3) is 0 Å². The summed E-state index contributed by atoms with van der Waals surface area (Å²) in [5.74, 6) is -2.28. The fraction of sp³-hybridized carbons (Fsp3) is 0.750. The number of aliphatic carboxylic acids is 1. The van der Waals surface area contributed by atoms with E-state index in [1.165, 1.54) is 0 Å². The van der Waals surface area contributed by atoms with Crippen LogP contribution in [0.3, 0.4) is 0 Å². The van der Waals surface area contributed by atoms with Gasteiger partial charge in [0.1, 0.15) is 5.92 Å². The van der Waals surface area contributed by atoms with Gasteiger partial charge in [-0.1, -0.05) is 46.4 Å². The van der Waals surface area contributed by atoms with Crippen molar-refractivity contribution in [3.05, 3.63) is 0 Å². The lowest BCUT2D eigenvalue weighted by Gasteiger charge is -1.92. The van der Waals surface area contributed by atoms with Gasteiger partial charge in [0.2, 0.25) is 0 Å². The highest BCUT2D eigenvalue weighted by molar-refractivity contribution is 6.69. The molecule has 0 unspecified atom stereocenters. The van der Waals surface area contributed by atoms with E-state index >= 15 is 0 Å². The maximum Gasteiger partial charge on any atom is 0.312 e. The lowest BCUT2D eigenvalue weighted by Crippen LogP contribution is -2.04. The molecule has 1 aliphatic rings.